The van der Waals surface area contributed by atoms with Crippen LogP contribution in [-0.2, 0) is 0 Å². The molecular formula is C26H37N3O3S. The lowest BCUT2D eigenvalue weighted by Gasteiger charge is -2.54. The Kier molecular flexibility index (Phi) is 7.43. The number of amides is 1. The molecule has 6 nitrogen and oxygen atoms in total. The number of carbonyl (C=O) groups is 1. The van der Waals surface area contributed by atoms with Crippen LogP contribution < -0.4 is 10.1 Å². The molecule has 180 valence electrons. The van der Waals surface area contributed by atoms with Crippen LogP contribution in [0.3, 0.4) is 0 Å². The maximum atomic E-state index is 13.4. The van der Waals surface area contributed by atoms with Gasteiger partial charge in [0.05, 0.1) is 0 Å². The molecule has 5 aliphatic rings. The van der Waals surface area contributed by atoms with E-state index in [0.717, 1.165) is 41.9 Å². The van der Waals surface area contributed by atoms with Crippen LogP contribution in [0.1, 0.15) is 81.7 Å². The predicted octanol–water partition coefficient (Wildman–Crippen LogP) is 5.68. The van der Waals surface area contributed by atoms with Crippen LogP contribution in [0.25, 0.3) is 0 Å². The molecule has 0 aromatic carbocycles. The first kappa shape index (κ1) is 23.0. The monoisotopic (exact) mass is 471 g/mol. The number of nitrogens with zero attached hydrogens (tertiary/aromatic N) is 2. The number of ether oxygens (including phenoxy) is 1. The van der Waals surface area contributed by atoms with E-state index in [4.69, 9.17) is 9.26 Å². The predicted molar refractivity (Wildman–Crippen MR) is 131 cm³/mol. The molecule has 4 fully saturated rings. The number of hydrogen-bond donors (Lipinski definition) is 1. The summed E-state index contributed by atoms with van der Waals surface area (Å²) in [6, 6.07) is 0.286. The zero-order valence-corrected chi connectivity index (χ0v) is 20.6. The van der Waals surface area contributed by atoms with Crippen molar-refractivity contribution in [2.24, 2.45) is 28.7 Å². The first-order valence-electron chi connectivity index (χ1n) is 12.9. The summed E-state index contributed by atoms with van der Waals surface area (Å²) in [6.45, 7) is 3.47. The summed E-state index contributed by atoms with van der Waals surface area (Å²) in [5.41, 5.74) is 1.19. The van der Waals surface area contributed by atoms with Crippen LogP contribution in [0.2, 0.25) is 0 Å². The lowest BCUT2D eigenvalue weighted by atomic mass is 9.54. The van der Waals surface area contributed by atoms with Gasteiger partial charge in [0.25, 0.3) is 11.8 Å². The van der Waals surface area contributed by atoms with Gasteiger partial charge < -0.3 is 14.6 Å². The number of aromatic nitrogens is 1. The lowest BCUT2D eigenvalue weighted by molar-refractivity contribution is -0.0124. The third-order valence-electron chi connectivity index (χ3n) is 7.97. The van der Waals surface area contributed by atoms with Gasteiger partial charge >= 0.3 is 0 Å². The summed E-state index contributed by atoms with van der Waals surface area (Å²) in [5.74, 6) is 4.65. The number of hydrogen-bond acceptors (Lipinski definition) is 6. The zero-order valence-electron chi connectivity index (χ0n) is 19.8. The number of thioether (sulfide) groups is 1. The largest absolute Gasteiger partial charge is 0.470 e. The van der Waals surface area contributed by atoms with Crippen molar-refractivity contribution in [2.45, 2.75) is 82.1 Å². The normalized spacial score (nSPS) is 29.8. The van der Waals surface area contributed by atoms with Crippen molar-refractivity contribution >= 4 is 23.9 Å². The Morgan fingerprint density at radius 1 is 1.15 bits per heavy atom. The van der Waals surface area contributed by atoms with Crippen molar-refractivity contribution in [3.8, 4) is 5.88 Å². The SMILES string of the molecule is CCCCCCSc1c(OCC2=CC=NCC2)noc1C(=O)NC1C2CC3CC(C2)CC1C3. The highest BCUT2D eigenvalue weighted by atomic mass is 32.2. The molecule has 0 atom stereocenters. The van der Waals surface area contributed by atoms with Gasteiger partial charge in [-0.25, -0.2) is 0 Å². The number of allylic oxidation sites excluding steroid dienone is 1. The number of aliphatic imine (C=N–C) groups is 1. The Labute approximate surface area is 201 Å². The Morgan fingerprint density at radius 2 is 1.94 bits per heavy atom. The highest BCUT2D eigenvalue weighted by Gasteiger charge is 2.49. The molecule has 4 bridgehead atoms. The van der Waals surface area contributed by atoms with E-state index in [0.29, 0.717) is 30.1 Å². The summed E-state index contributed by atoms with van der Waals surface area (Å²) in [7, 11) is 0. The second-order valence-corrected chi connectivity index (χ2v) is 11.5. The number of rotatable bonds is 11. The standard InChI is InChI=1S/C26H37N3O3S/c1-2-3-4-5-10-33-24-23(32-29-26(24)31-16-17-6-8-27-9-7-17)25(30)28-22-20-12-18-11-19(14-20)15-21(22)13-18/h6,8,18-22H,2-5,7,9-16H2,1H3,(H,28,30). The Morgan fingerprint density at radius 3 is 2.64 bits per heavy atom. The second kappa shape index (κ2) is 10.7. The van der Waals surface area contributed by atoms with Gasteiger partial charge in [-0.05, 0) is 91.2 Å². The van der Waals surface area contributed by atoms with E-state index < -0.39 is 0 Å². The van der Waals surface area contributed by atoms with E-state index in [1.165, 1.54) is 56.9 Å². The third-order valence-corrected chi connectivity index (χ3v) is 9.11. The minimum absolute atomic E-state index is 0.116. The molecule has 33 heavy (non-hydrogen) atoms. The molecule has 0 radical (unpaired) electrons. The van der Waals surface area contributed by atoms with Crippen LogP contribution in [0.15, 0.2) is 26.1 Å². The highest BCUT2D eigenvalue weighted by Crippen LogP contribution is 2.53. The smallest absolute Gasteiger partial charge is 0.291 e. The molecule has 6 rings (SSSR count). The van der Waals surface area contributed by atoms with Crippen LogP contribution in [0.4, 0.5) is 0 Å². The van der Waals surface area contributed by atoms with E-state index in [1.54, 1.807) is 11.8 Å². The van der Waals surface area contributed by atoms with Crippen LogP contribution >= 0.6 is 11.8 Å². The lowest BCUT2D eigenvalue weighted by Crippen LogP contribution is -2.55. The molecule has 1 amide bonds. The van der Waals surface area contributed by atoms with Crippen LogP contribution in [-0.4, -0.2) is 42.2 Å². The van der Waals surface area contributed by atoms with Gasteiger partial charge in [0, 0.05) is 18.8 Å². The van der Waals surface area contributed by atoms with Crippen molar-refractivity contribution in [2.75, 3.05) is 18.9 Å². The Bertz CT molecular complexity index is 865. The summed E-state index contributed by atoms with van der Waals surface area (Å²) in [5, 5.41) is 7.56. The Balaban J connectivity index is 1.26. The van der Waals surface area contributed by atoms with E-state index in [9.17, 15) is 4.79 Å². The van der Waals surface area contributed by atoms with Gasteiger partial charge in [0.15, 0.2) is 0 Å². The molecule has 0 spiro atoms. The van der Waals surface area contributed by atoms with Crippen molar-refractivity contribution in [1.82, 2.24) is 10.5 Å². The van der Waals surface area contributed by atoms with Crippen molar-refractivity contribution in [3.63, 3.8) is 0 Å². The summed E-state index contributed by atoms with van der Waals surface area (Å²) >= 11 is 1.65. The molecule has 4 saturated carbocycles. The summed E-state index contributed by atoms with van der Waals surface area (Å²) in [4.78, 5) is 18.4. The van der Waals surface area contributed by atoms with Crippen molar-refractivity contribution < 1.29 is 14.1 Å². The molecule has 0 unspecified atom stereocenters. The quantitative estimate of drug-likeness (QED) is 0.332. The van der Waals surface area contributed by atoms with Gasteiger partial charge in [-0.1, -0.05) is 26.2 Å². The third kappa shape index (κ3) is 5.33. The van der Waals surface area contributed by atoms with Gasteiger partial charge in [0.2, 0.25) is 5.76 Å². The van der Waals surface area contributed by atoms with E-state index in [-0.39, 0.29) is 11.9 Å². The number of unbranched alkanes of at least 4 members (excludes halogenated alkanes) is 3. The maximum Gasteiger partial charge on any atom is 0.291 e. The zero-order chi connectivity index (χ0) is 22.6. The maximum absolute atomic E-state index is 13.4. The van der Waals surface area contributed by atoms with E-state index >= 15 is 0 Å². The van der Waals surface area contributed by atoms with Crippen LogP contribution in [0.5, 0.6) is 5.88 Å². The fourth-order valence-electron chi connectivity index (χ4n) is 6.52. The highest BCUT2D eigenvalue weighted by molar-refractivity contribution is 7.99. The fraction of sp³-hybridized carbons (Fsp3) is 0.731. The Hall–Kier alpha value is -1.76. The average Bonchev–Trinajstić information content (AvgIpc) is 3.23. The van der Waals surface area contributed by atoms with E-state index in [2.05, 4.69) is 22.4 Å². The number of carbonyl (C=O) groups excluding carboxylic acids is 1. The van der Waals surface area contributed by atoms with E-state index in [1.807, 2.05) is 12.3 Å². The van der Waals surface area contributed by atoms with Crippen molar-refractivity contribution in [3.05, 3.63) is 17.4 Å². The summed E-state index contributed by atoms with van der Waals surface area (Å²) in [6.07, 6.45) is 16.0. The first-order chi connectivity index (χ1) is 16.2. The summed E-state index contributed by atoms with van der Waals surface area (Å²) < 4.78 is 11.7. The topological polar surface area (TPSA) is 76.7 Å². The van der Waals surface area contributed by atoms with Crippen LogP contribution in [0, 0.1) is 23.7 Å². The molecule has 2 heterocycles. The second-order valence-electron chi connectivity index (χ2n) is 10.4. The average molecular weight is 472 g/mol. The molecule has 1 aromatic heterocycles. The minimum Gasteiger partial charge on any atom is -0.470 e. The molecule has 4 aliphatic carbocycles. The minimum atomic E-state index is -0.116. The molecular weight excluding hydrogens is 434 g/mol. The number of dihydropyridines is 1. The number of nitrogens with one attached hydrogen (secondary N) is 1. The van der Waals surface area contributed by atoms with Gasteiger partial charge in [0.1, 0.15) is 11.5 Å². The van der Waals surface area contributed by atoms with Gasteiger partial charge in [-0.2, -0.15) is 0 Å². The molecule has 0 saturated heterocycles. The fourth-order valence-corrected chi connectivity index (χ4v) is 7.55. The van der Waals surface area contributed by atoms with Crippen molar-refractivity contribution in [1.29, 1.82) is 0 Å². The molecule has 1 aromatic rings. The van der Waals surface area contributed by atoms with Gasteiger partial charge in [-0.3, -0.25) is 9.79 Å². The molecule has 1 N–H and O–H groups in total. The molecule has 7 heteroatoms. The molecule has 1 aliphatic heterocycles. The van der Waals surface area contributed by atoms with Gasteiger partial charge in [-0.15, -0.1) is 11.8 Å². The first-order valence-corrected chi connectivity index (χ1v) is 13.9.